The third-order valence-electron chi connectivity index (χ3n) is 2.45. The quantitative estimate of drug-likeness (QED) is 0.482. The van der Waals surface area contributed by atoms with Crippen LogP contribution in [0.2, 0.25) is 10.0 Å². The first kappa shape index (κ1) is 14.3. The number of benzene rings is 1. The van der Waals surface area contributed by atoms with Crippen LogP contribution >= 0.6 is 23.2 Å². The molecule has 0 aliphatic carbocycles. The predicted octanol–water partition coefficient (Wildman–Crippen LogP) is 4.20. The number of hydrogen-bond donors (Lipinski definition) is 1. The highest BCUT2D eigenvalue weighted by molar-refractivity contribution is 6.35. The maximum atomic E-state index is 13.3. The number of nitrogens with one attached hydrogen (secondary N) is 1. The van der Waals surface area contributed by atoms with Crippen LogP contribution in [0.1, 0.15) is 31.4 Å². The van der Waals surface area contributed by atoms with E-state index in [-0.39, 0.29) is 11.1 Å². The maximum Gasteiger partial charge on any atom is 0.142 e. The van der Waals surface area contributed by atoms with Crippen LogP contribution in [-0.2, 0) is 0 Å². The van der Waals surface area contributed by atoms with E-state index in [2.05, 4.69) is 11.2 Å². The third kappa shape index (κ3) is 4.20. The van der Waals surface area contributed by atoms with E-state index in [0.717, 1.165) is 19.4 Å². The molecular formula is C13H14Cl2FN. The van der Waals surface area contributed by atoms with Gasteiger partial charge in [-0.25, -0.2) is 4.39 Å². The molecule has 0 saturated heterocycles. The molecule has 0 saturated carbocycles. The van der Waals surface area contributed by atoms with Crippen LogP contribution in [0.25, 0.3) is 0 Å². The largest absolute Gasteiger partial charge is 0.310 e. The maximum absolute atomic E-state index is 13.3. The van der Waals surface area contributed by atoms with Gasteiger partial charge < -0.3 is 5.32 Å². The van der Waals surface area contributed by atoms with Crippen molar-refractivity contribution in [3.05, 3.63) is 33.6 Å². The van der Waals surface area contributed by atoms with Crippen molar-refractivity contribution >= 4 is 23.2 Å². The summed E-state index contributed by atoms with van der Waals surface area (Å²) >= 11 is 11.6. The Balaban J connectivity index is 2.66. The molecule has 1 rings (SSSR count). The summed E-state index contributed by atoms with van der Waals surface area (Å²) < 4.78 is 13.3. The first-order valence-corrected chi connectivity index (χ1v) is 6.13. The van der Waals surface area contributed by atoms with Crippen LogP contribution in [0.15, 0.2) is 12.1 Å². The summed E-state index contributed by atoms with van der Waals surface area (Å²) in [5, 5.41) is 3.74. The van der Waals surface area contributed by atoms with Gasteiger partial charge in [-0.15, -0.1) is 12.3 Å². The van der Waals surface area contributed by atoms with Crippen molar-refractivity contribution in [1.29, 1.82) is 0 Å². The molecule has 1 N–H and O–H groups in total. The average molecular weight is 274 g/mol. The van der Waals surface area contributed by atoms with Crippen LogP contribution in [0.4, 0.5) is 4.39 Å². The monoisotopic (exact) mass is 273 g/mol. The zero-order valence-electron chi connectivity index (χ0n) is 9.56. The van der Waals surface area contributed by atoms with Crippen molar-refractivity contribution in [1.82, 2.24) is 5.32 Å². The highest BCUT2D eigenvalue weighted by atomic mass is 35.5. The van der Waals surface area contributed by atoms with Gasteiger partial charge in [0.15, 0.2) is 0 Å². The fourth-order valence-electron chi connectivity index (χ4n) is 1.49. The Labute approximate surface area is 111 Å². The van der Waals surface area contributed by atoms with Gasteiger partial charge in [-0.2, -0.15) is 0 Å². The summed E-state index contributed by atoms with van der Waals surface area (Å²) in [6.07, 6.45) is 6.76. The molecule has 1 aromatic carbocycles. The van der Waals surface area contributed by atoms with Gasteiger partial charge in [0.25, 0.3) is 0 Å². The van der Waals surface area contributed by atoms with Gasteiger partial charge in [0.1, 0.15) is 5.82 Å². The number of hydrogen-bond acceptors (Lipinski definition) is 1. The van der Waals surface area contributed by atoms with Crippen molar-refractivity contribution < 1.29 is 4.39 Å². The smallest absolute Gasteiger partial charge is 0.142 e. The Hall–Kier alpha value is -0.750. The molecule has 0 aromatic heterocycles. The molecule has 0 spiro atoms. The number of unbranched alkanes of at least 4 members (excludes halogenated alkanes) is 1. The zero-order chi connectivity index (χ0) is 12.8. The lowest BCUT2D eigenvalue weighted by atomic mass is 10.1. The molecule has 17 heavy (non-hydrogen) atoms. The minimum Gasteiger partial charge on any atom is -0.310 e. The van der Waals surface area contributed by atoms with E-state index < -0.39 is 5.82 Å². The van der Waals surface area contributed by atoms with Crippen molar-refractivity contribution in [2.24, 2.45) is 0 Å². The second-order valence-electron chi connectivity index (χ2n) is 3.77. The van der Waals surface area contributed by atoms with Crippen molar-refractivity contribution in [2.75, 3.05) is 6.54 Å². The summed E-state index contributed by atoms with van der Waals surface area (Å²) in [6.45, 7) is 2.69. The average Bonchev–Trinajstić information content (AvgIpc) is 2.29. The topological polar surface area (TPSA) is 12.0 Å². The van der Waals surface area contributed by atoms with Crippen LogP contribution < -0.4 is 5.32 Å². The first-order valence-electron chi connectivity index (χ1n) is 5.37. The molecular weight excluding hydrogens is 260 g/mol. The van der Waals surface area contributed by atoms with Gasteiger partial charge in [-0.3, -0.25) is 0 Å². The van der Waals surface area contributed by atoms with E-state index in [1.165, 1.54) is 12.1 Å². The fraction of sp³-hybridized carbons (Fsp3) is 0.385. The third-order valence-corrected chi connectivity index (χ3v) is 3.07. The van der Waals surface area contributed by atoms with Crippen molar-refractivity contribution in [3.63, 3.8) is 0 Å². The standard InChI is InChI=1S/C13H14Cl2FN/c1-3-4-5-6-17-9(2)10-7-13(16)12(15)8-11(10)14/h1,7-9,17H,4-6H2,2H3. The molecule has 1 nitrogen and oxygen atoms in total. The van der Waals surface area contributed by atoms with Crippen molar-refractivity contribution in [2.45, 2.75) is 25.8 Å². The van der Waals surface area contributed by atoms with Gasteiger partial charge >= 0.3 is 0 Å². The van der Waals surface area contributed by atoms with E-state index in [1.807, 2.05) is 6.92 Å². The molecule has 0 amide bonds. The Morgan fingerprint density at radius 3 is 2.76 bits per heavy atom. The summed E-state index contributed by atoms with van der Waals surface area (Å²) in [7, 11) is 0. The molecule has 1 unspecified atom stereocenters. The molecule has 0 fully saturated rings. The highest BCUT2D eigenvalue weighted by Crippen LogP contribution is 2.28. The number of terminal acetylenes is 1. The summed E-state index contributed by atoms with van der Waals surface area (Å²) in [6, 6.07) is 2.75. The molecule has 1 atom stereocenters. The Bertz CT molecular complexity index is 426. The minimum atomic E-state index is -0.455. The summed E-state index contributed by atoms with van der Waals surface area (Å²) in [4.78, 5) is 0. The van der Waals surface area contributed by atoms with Crippen LogP contribution in [0.3, 0.4) is 0 Å². The molecule has 4 heteroatoms. The van der Waals surface area contributed by atoms with Gasteiger partial charge in [-0.1, -0.05) is 23.2 Å². The van der Waals surface area contributed by atoms with E-state index >= 15 is 0 Å². The van der Waals surface area contributed by atoms with Crippen LogP contribution in [-0.4, -0.2) is 6.54 Å². The Morgan fingerprint density at radius 2 is 2.12 bits per heavy atom. The molecule has 0 aliphatic rings. The predicted molar refractivity (Wildman–Crippen MR) is 70.9 cm³/mol. The SMILES string of the molecule is C#CCCCNC(C)c1cc(F)c(Cl)cc1Cl. The van der Waals surface area contributed by atoms with E-state index in [4.69, 9.17) is 29.6 Å². The van der Waals surface area contributed by atoms with Gasteiger partial charge in [0, 0.05) is 17.5 Å². The molecule has 0 heterocycles. The zero-order valence-corrected chi connectivity index (χ0v) is 11.1. The number of rotatable bonds is 5. The Kier molecular flexibility index (Phi) is 5.77. The van der Waals surface area contributed by atoms with Gasteiger partial charge in [0.2, 0.25) is 0 Å². The normalized spacial score (nSPS) is 12.2. The molecule has 92 valence electrons. The number of halogens is 3. The second kappa shape index (κ2) is 6.86. The minimum absolute atomic E-state index is 0.0351. The lowest BCUT2D eigenvalue weighted by molar-refractivity contribution is 0.555. The second-order valence-corrected chi connectivity index (χ2v) is 4.59. The van der Waals surface area contributed by atoms with E-state index in [1.54, 1.807) is 0 Å². The first-order chi connectivity index (χ1) is 8.06. The molecule has 0 bridgehead atoms. The molecule has 1 aromatic rings. The molecule has 0 radical (unpaired) electrons. The Morgan fingerprint density at radius 1 is 1.41 bits per heavy atom. The van der Waals surface area contributed by atoms with Gasteiger partial charge in [-0.05, 0) is 37.6 Å². The molecule has 0 aliphatic heterocycles. The van der Waals surface area contributed by atoms with Crippen LogP contribution in [0.5, 0.6) is 0 Å². The van der Waals surface area contributed by atoms with Crippen LogP contribution in [0, 0.1) is 18.2 Å². The van der Waals surface area contributed by atoms with E-state index in [0.29, 0.717) is 10.6 Å². The fourth-order valence-corrected chi connectivity index (χ4v) is 2.04. The lowest BCUT2D eigenvalue weighted by Gasteiger charge is -2.15. The highest BCUT2D eigenvalue weighted by Gasteiger charge is 2.12. The lowest BCUT2D eigenvalue weighted by Crippen LogP contribution is -2.20. The summed E-state index contributed by atoms with van der Waals surface area (Å²) in [5.74, 6) is 2.11. The van der Waals surface area contributed by atoms with E-state index in [9.17, 15) is 4.39 Å². The van der Waals surface area contributed by atoms with Gasteiger partial charge in [0.05, 0.1) is 5.02 Å². The van der Waals surface area contributed by atoms with Crippen molar-refractivity contribution in [3.8, 4) is 12.3 Å². The summed E-state index contributed by atoms with van der Waals surface area (Å²) in [5.41, 5.74) is 0.703.